The number of rotatable bonds is 0. The van der Waals surface area contributed by atoms with Crippen molar-refractivity contribution >= 4 is 27.0 Å². The highest BCUT2D eigenvalue weighted by atomic mass is 79.9. The van der Waals surface area contributed by atoms with Gasteiger partial charge in [0.1, 0.15) is 0 Å². The maximum Gasteiger partial charge on any atom is 0.0906 e. The summed E-state index contributed by atoms with van der Waals surface area (Å²) >= 11 is 3.32. The van der Waals surface area contributed by atoms with Crippen LogP contribution >= 0.6 is 15.9 Å². The average molecular weight is 208 g/mol. The number of nitrogens with zero attached hydrogens (tertiary/aromatic N) is 2. The fraction of sp³-hybridized carbons (Fsp3) is 0. The summed E-state index contributed by atoms with van der Waals surface area (Å²) in [6.07, 6.45) is 4.51. The van der Waals surface area contributed by atoms with Crippen LogP contribution in [0.25, 0.3) is 11.0 Å². The quantitative estimate of drug-likeness (QED) is 0.663. The summed E-state index contributed by atoms with van der Waals surface area (Å²) < 4.78 is 0.942. The van der Waals surface area contributed by atoms with E-state index in [0.29, 0.717) is 0 Å². The molecular formula is C8H4BrN2. The minimum Gasteiger partial charge on any atom is -0.253 e. The molecule has 2 nitrogen and oxygen atoms in total. The van der Waals surface area contributed by atoms with Crippen LogP contribution in [0.1, 0.15) is 0 Å². The van der Waals surface area contributed by atoms with Crippen molar-refractivity contribution in [1.29, 1.82) is 0 Å². The first-order chi connectivity index (χ1) is 5.36. The fourth-order valence-corrected chi connectivity index (χ4v) is 1.20. The van der Waals surface area contributed by atoms with Crippen LogP contribution in [0.4, 0.5) is 0 Å². The molecule has 1 radical (unpaired) electrons. The molecule has 11 heavy (non-hydrogen) atoms. The molecule has 2 heterocycles. The molecule has 0 saturated heterocycles. The molecule has 0 N–H and O–H groups in total. The Morgan fingerprint density at radius 3 is 3.18 bits per heavy atom. The van der Waals surface area contributed by atoms with Gasteiger partial charge in [-0.05, 0) is 34.1 Å². The molecule has 2 aromatic rings. The van der Waals surface area contributed by atoms with E-state index in [4.69, 9.17) is 0 Å². The second-order valence-corrected chi connectivity index (χ2v) is 3.05. The van der Waals surface area contributed by atoms with Crippen molar-refractivity contribution in [2.24, 2.45) is 0 Å². The van der Waals surface area contributed by atoms with Gasteiger partial charge in [-0.2, -0.15) is 0 Å². The van der Waals surface area contributed by atoms with Crippen LogP contribution in [0.15, 0.2) is 28.9 Å². The third-order valence-electron chi connectivity index (χ3n) is 1.36. The largest absolute Gasteiger partial charge is 0.253 e. The minimum atomic E-state index is 0.863. The number of pyridine rings is 2. The Bertz CT molecular complexity index is 387. The van der Waals surface area contributed by atoms with E-state index in [9.17, 15) is 0 Å². The molecule has 0 atom stereocenters. The zero-order valence-corrected chi connectivity index (χ0v) is 7.17. The lowest BCUT2D eigenvalue weighted by atomic mass is 10.3. The molecule has 0 unspecified atom stereocenters. The molecule has 0 fully saturated rings. The van der Waals surface area contributed by atoms with Crippen LogP contribution in [-0.2, 0) is 0 Å². The highest BCUT2D eigenvalue weighted by Gasteiger charge is 1.93. The Kier molecular flexibility index (Phi) is 1.58. The lowest BCUT2D eigenvalue weighted by Gasteiger charge is -1.93. The van der Waals surface area contributed by atoms with Crippen molar-refractivity contribution in [3.63, 3.8) is 0 Å². The number of aromatic nitrogens is 2. The molecule has 0 bridgehead atoms. The van der Waals surface area contributed by atoms with E-state index in [2.05, 4.69) is 32.1 Å². The summed E-state index contributed by atoms with van der Waals surface area (Å²) in [5, 5.41) is 0. The molecule has 0 aliphatic heterocycles. The Morgan fingerprint density at radius 2 is 2.27 bits per heavy atom. The second kappa shape index (κ2) is 2.58. The van der Waals surface area contributed by atoms with E-state index < -0.39 is 0 Å². The van der Waals surface area contributed by atoms with Crippen molar-refractivity contribution in [1.82, 2.24) is 9.97 Å². The van der Waals surface area contributed by atoms with Gasteiger partial charge in [0.2, 0.25) is 0 Å². The fourth-order valence-electron chi connectivity index (χ4n) is 0.880. The molecule has 3 heteroatoms. The van der Waals surface area contributed by atoms with Crippen molar-refractivity contribution < 1.29 is 0 Å². The maximum absolute atomic E-state index is 4.15. The van der Waals surface area contributed by atoms with Crippen LogP contribution in [0.2, 0.25) is 0 Å². The summed E-state index contributed by atoms with van der Waals surface area (Å²) in [7, 11) is 0. The van der Waals surface area contributed by atoms with E-state index in [1.54, 1.807) is 12.3 Å². The molecular weight excluding hydrogens is 204 g/mol. The lowest BCUT2D eigenvalue weighted by Crippen LogP contribution is -1.80. The van der Waals surface area contributed by atoms with E-state index in [-0.39, 0.29) is 0 Å². The lowest BCUT2D eigenvalue weighted by molar-refractivity contribution is 1.31. The van der Waals surface area contributed by atoms with Crippen molar-refractivity contribution in [2.45, 2.75) is 0 Å². The normalized spacial score (nSPS) is 10.3. The van der Waals surface area contributed by atoms with E-state index in [1.165, 1.54) is 0 Å². The van der Waals surface area contributed by atoms with E-state index in [1.807, 2.05) is 12.1 Å². The first kappa shape index (κ1) is 6.73. The molecule has 0 amide bonds. The second-order valence-electron chi connectivity index (χ2n) is 2.13. The van der Waals surface area contributed by atoms with Crippen molar-refractivity contribution in [2.75, 3.05) is 0 Å². The maximum atomic E-state index is 4.15. The summed E-state index contributed by atoms with van der Waals surface area (Å²) in [5.41, 5.74) is 1.76. The Hall–Kier alpha value is -0.960. The first-order valence-electron chi connectivity index (χ1n) is 3.14. The number of halogens is 1. The van der Waals surface area contributed by atoms with Gasteiger partial charge >= 0.3 is 0 Å². The van der Waals surface area contributed by atoms with Gasteiger partial charge in [-0.1, -0.05) is 0 Å². The van der Waals surface area contributed by atoms with Gasteiger partial charge in [-0.3, -0.25) is 4.98 Å². The molecule has 0 aliphatic rings. The van der Waals surface area contributed by atoms with Crippen molar-refractivity contribution in [3.8, 4) is 0 Å². The Labute approximate surface area is 72.4 Å². The van der Waals surface area contributed by atoms with Crippen LogP contribution in [0.3, 0.4) is 0 Å². The number of fused-ring (bicyclic) bond motifs is 1. The Balaban J connectivity index is 2.83. The molecule has 53 valence electrons. The van der Waals surface area contributed by atoms with Gasteiger partial charge in [-0.25, -0.2) is 4.98 Å². The summed E-state index contributed by atoms with van der Waals surface area (Å²) in [6, 6.07) is 5.55. The van der Waals surface area contributed by atoms with E-state index in [0.717, 1.165) is 15.5 Å². The molecule has 0 aromatic carbocycles. The smallest absolute Gasteiger partial charge is 0.0906 e. The van der Waals surface area contributed by atoms with Crippen LogP contribution in [0.5, 0.6) is 0 Å². The topological polar surface area (TPSA) is 25.8 Å². The van der Waals surface area contributed by atoms with Gasteiger partial charge in [-0.15, -0.1) is 0 Å². The van der Waals surface area contributed by atoms with Crippen LogP contribution in [-0.4, -0.2) is 9.97 Å². The number of hydrogen-bond donors (Lipinski definition) is 0. The van der Waals surface area contributed by atoms with Gasteiger partial charge in [0.25, 0.3) is 0 Å². The molecule has 0 aliphatic carbocycles. The molecule has 0 saturated carbocycles. The number of hydrogen-bond acceptors (Lipinski definition) is 2. The van der Waals surface area contributed by atoms with Crippen LogP contribution in [0, 0.1) is 6.20 Å². The predicted molar refractivity (Wildman–Crippen MR) is 46.1 cm³/mol. The minimum absolute atomic E-state index is 0.863. The summed E-state index contributed by atoms with van der Waals surface area (Å²) in [6.45, 7) is 0. The van der Waals surface area contributed by atoms with E-state index >= 15 is 0 Å². The summed E-state index contributed by atoms with van der Waals surface area (Å²) in [4.78, 5) is 8.18. The van der Waals surface area contributed by atoms with Crippen molar-refractivity contribution in [3.05, 3.63) is 35.1 Å². The van der Waals surface area contributed by atoms with Gasteiger partial charge < -0.3 is 0 Å². The van der Waals surface area contributed by atoms with Crippen LogP contribution < -0.4 is 0 Å². The van der Waals surface area contributed by atoms with Gasteiger partial charge in [0.05, 0.1) is 17.2 Å². The zero-order valence-electron chi connectivity index (χ0n) is 5.58. The highest BCUT2D eigenvalue weighted by Crippen LogP contribution is 2.13. The first-order valence-corrected chi connectivity index (χ1v) is 3.94. The third-order valence-corrected chi connectivity index (χ3v) is 1.80. The SMILES string of the molecule is Brc1cnc2cc[c]nc2c1. The molecule has 0 spiro atoms. The average Bonchev–Trinajstić information content (AvgIpc) is 2.04. The monoisotopic (exact) mass is 207 g/mol. The predicted octanol–water partition coefficient (Wildman–Crippen LogP) is 2.19. The standard InChI is InChI=1S/C8H4BrN2/c9-6-4-8-7(11-5-6)2-1-3-10-8/h1-2,4-5H. The van der Waals surface area contributed by atoms with Gasteiger partial charge in [0.15, 0.2) is 0 Å². The Morgan fingerprint density at radius 1 is 1.36 bits per heavy atom. The molecule has 2 aromatic heterocycles. The van der Waals surface area contributed by atoms with Gasteiger partial charge in [0, 0.05) is 10.7 Å². The summed E-state index contributed by atoms with van der Waals surface area (Å²) in [5.74, 6) is 0. The highest BCUT2D eigenvalue weighted by molar-refractivity contribution is 9.10. The third kappa shape index (κ3) is 1.24. The zero-order chi connectivity index (χ0) is 7.68. The molecule has 2 rings (SSSR count).